The first-order chi connectivity index (χ1) is 3.91. The average Bonchev–Trinajstić information content (AvgIpc) is 1.81. The minimum atomic E-state index is 1.02. The zero-order valence-corrected chi connectivity index (χ0v) is 5.78. The smallest absolute Gasteiger partial charge is 0.0134 e. The van der Waals surface area contributed by atoms with Crippen LogP contribution in [0, 0.1) is 0 Å². The van der Waals surface area contributed by atoms with E-state index in [1.807, 2.05) is 6.92 Å². The lowest BCUT2D eigenvalue weighted by atomic mass is 10.4. The molecule has 0 spiro atoms. The Morgan fingerprint density at radius 3 is 2.75 bits per heavy atom. The van der Waals surface area contributed by atoms with E-state index in [9.17, 15) is 0 Å². The van der Waals surface area contributed by atoms with Crippen molar-refractivity contribution < 1.29 is 0 Å². The molecular formula is C7H15N. The highest BCUT2D eigenvalue weighted by atomic mass is 14.8. The zero-order valence-electron chi connectivity index (χ0n) is 5.78. The summed E-state index contributed by atoms with van der Waals surface area (Å²) in [6.45, 7) is 6.35. The second-order valence-corrected chi connectivity index (χ2v) is 1.77. The summed E-state index contributed by atoms with van der Waals surface area (Å²) in [7, 11) is 0. The van der Waals surface area contributed by atoms with Gasteiger partial charge in [-0.15, -0.1) is 0 Å². The van der Waals surface area contributed by atoms with Gasteiger partial charge in [-0.3, -0.25) is 0 Å². The summed E-state index contributed by atoms with van der Waals surface area (Å²) in [6, 6.07) is 0. The van der Waals surface area contributed by atoms with E-state index in [4.69, 9.17) is 0 Å². The maximum Gasteiger partial charge on any atom is 0.0134 e. The van der Waals surface area contributed by atoms with Gasteiger partial charge < -0.3 is 5.32 Å². The van der Waals surface area contributed by atoms with Gasteiger partial charge in [0.05, 0.1) is 0 Å². The Hall–Kier alpha value is -0.300. The van der Waals surface area contributed by atoms with Crippen molar-refractivity contribution in [1.82, 2.24) is 5.32 Å². The third kappa shape index (κ3) is 5.70. The first-order valence-corrected chi connectivity index (χ1v) is 3.23. The number of hydrogen-bond acceptors (Lipinski definition) is 1. The van der Waals surface area contributed by atoms with Gasteiger partial charge >= 0.3 is 0 Å². The third-order valence-electron chi connectivity index (χ3n) is 0.925. The SMILES string of the molecule is C/C=C\CNCCC. The van der Waals surface area contributed by atoms with E-state index in [0.717, 1.165) is 13.1 Å². The van der Waals surface area contributed by atoms with Crippen molar-refractivity contribution in [1.29, 1.82) is 0 Å². The summed E-state index contributed by atoms with van der Waals surface area (Å²) in [4.78, 5) is 0. The molecule has 0 atom stereocenters. The molecule has 0 fully saturated rings. The molecule has 0 unspecified atom stereocenters. The van der Waals surface area contributed by atoms with Crippen molar-refractivity contribution in [3.8, 4) is 0 Å². The summed E-state index contributed by atoms with van der Waals surface area (Å²) in [5, 5.41) is 3.25. The number of nitrogens with one attached hydrogen (secondary N) is 1. The molecule has 0 aromatic rings. The number of allylic oxidation sites excluding steroid dienone is 1. The van der Waals surface area contributed by atoms with Crippen LogP contribution in [0.15, 0.2) is 12.2 Å². The van der Waals surface area contributed by atoms with Crippen LogP contribution in [-0.2, 0) is 0 Å². The van der Waals surface area contributed by atoms with E-state index in [1.54, 1.807) is 0 Å². The fraction of sp³-hybridized carbons (Fsp3) is 0.714. The van der Waals surface area contributed by atoms with Crippen molar-refractivity contribution in [2.24, 2.45) is 0 Å². The zero-order chi connectivity index (χ0) is 6.24. The van der Waals surface area contributed by atoms with E-state index in [-0.39, 0.29) is 0 Å². The van der Waals surface area contributed by atoms with Gasteiger partial charge in [-0.1, -0.05) is 19.1 Å². The second-order valence-electron chi connectivity index (χ2n) is 1.77. The van der Waals surface area contributed by atoms with Gasteiger partial charge in [0.2, 0.25) is 0 Å². The maximum atomic E-state index is 3.25. The molecular weight excluding hydrogens is 98.1 g/mol. The summed E-state index contributed by atoms with van der Waals surface area (Å²) in [6.07, 6.45) is 5.40. The van der Waals surface area contributed by atoms with Crippen molar-refractivity contribution in [3.63, 3.8) is 0 Å². The Bertz CT molecular complexity index is 57.4. The van der Waals surface area contributed by atoms with Crippen LogP contribution >= 0.6 is 0 Å². The molecule has 0 aliphatic heterocycles. The molecule has 0 aromatic carbocycles. The highest BCUT2D eigenvalue weighted by molar-refractivity contribution is 4.78. The molecule has 0 rings (SSSR count). The van der Waals surface area contributed by atoms with E-state index >= 15 is 0 Å². The first kappa shape index (κ1) is 7.70. The lowest BCUT2D eigenvalue weighted by molar-refractivity contribution is 0.729. The predicted molar refractivity (Wildman–Crippen MR) is 38.0 cm³/mol. The van der Waals surface area contributed by atoms with E-state index in [0.29, 0.717) is 0 Å². The van der Waals surface area contributed by atoms with E-state index in [2.05, 4.69) is 24.4 Å². The molecule has 0 saturated heterocycles. The first-order valence-electron chi connectivity index (χ1n) is 3.23. The fourth-order valence-electron chi connectivity index (χ4n) is 0.480. The Kier molecular flexibility index (Phi) is 6.45. The number of hydrogen-bond donors (Lipinski definition) is 1. The summed E-state index contributed by atoms with van der Waals surface area (Å²) < 4.78 is 0. The quantitative estimate of drug-likeness (QED) is 0.431. The third-order valence-corrected chi connectivity index (χ3v) is 0.925. The maximum absolute atomic E-state index is 3.25. The van der Waals surface area contributed by atoms with Gasteiger partial charge in [-0.05, 0) is 19.9 Å². The highest BCUT2D eigenvalue weighted by Gasteiger charge is 1.74. The van der Waals surface area contributed by atoms with Crippen LogP contribution in [0.25, 0.3) is 0 Å². The molecule has 0 aliphatic rings. The van der Waals surface area contributed by atoms with Gasteiger partial charge in [0.15, 0.2) is 0 Å². The van der Waals surface area contributed by atoms with Crippen molar-refractivity contribution in [2.75, 3.05) is 13.1 Å². The number of rotatable bonds is 4. The lowest BCUT2D eigenvalue weighted by Gasteiger charge is -1.93. The van der Waals surface area contributed by atoms with Gasteiger partial charge in [0, 0.05) is 6.54 Å². The average molecular weight is 113 g/mol. The molecule has 0 bridgehead atoms. The molecule has 0 saturated carbocycles. The monoisotopic (exact) mass is 113 g/mol. The van der Waals surface area contributed by atoms with Crippen LogP contribution in [0.1, 0.15) is 20.3 Å². The molecule has 1 nitrogen and oxygen atoms in total. The van der Waals surface area contributed by atoms with Crippen LogP contribution in [0.3, 0.4) is 0 Å². The van der Waals surface area contributed by atoms with Crippen molar-refractivity contribution >= 4 is 0 Å². The molecule has 0 aliphatic carbocycles. The predicted octanol–water partition coefficient (Wildman–Crippen LogP) is 1.56. The van der Waals surface area contributed by atoms with Crippen LogP contribution < -0.4 is 5.32 Å². The normalized spacial score (nSPS) is 10.8. The van der Waals surface area contributed by atoms with Gasteiger partial charge in [-0.25, -0.2) is 0 Å². The summed E-state index contributed by atoms with van der Waals surface area (Å²) >= 11 is 0. The Balaban J connectivity index is 2.72. The minimum absolute atomic E-state index is 1.02. The Morgan fingerprint density at radius 2 is 2.25 bits per heavy atom. The van der Waals surface area contributed by atoms with Crippen molar-refractivity contribution in [2.45, 2.75) is 20.3 Å². The molecule has 1 N–H and O–H groups in total. The van der Waals surface area contributed by atoms with Crippen LogP contribution in [0.4, 0.5) is 0 Å². The minimum Gasteiger partial charge on any atom is -0.313 e. The molecule has 48 valence electrons. The largest absolute Gasteiger partial charge is 0.313 e. The standard InChI is InChI=1S/C7H15N/c1-3-5-7-8-6-4-2/h3,5,8H,4,6-7H2,1-2H3/b5-3-. The lowest BCUT2D eigenvalue weighted by Crippen LogP contribution is -2.13. The van der Waals surface area contributed by atoms with Gasteiger partial charge in [0.25, 0.3) is 0 Å². The highest BCUT2D eigenvalue weighted by Crippen LogP contribution is 1.70. The Morgan fingerprint density at radius 1 is 1.50 bits per heavy atom. The van der Waals surface area contributed by atoms with Gasteiger partial charge in [0.1, 0.15) is 0 Å². The van der Waals surface area contributed by atoms with Crippen LogP contribution in [0.2, 0.25) is 0 Å². The van der Waals surface area contributed by atoms with Gasteiger partial charge in [-0.2, -0.15) is 0 Å². The van der Waals surface area contributed by atoms with E-state index in [1.165, 1.54) is 6.42 Å². The molecule has 1 heteroatoms. The van der Waals surface area contributed by atoms with E-state index < -0.39 is 0 Å². The van der Waals surface area contributed by atoms with Crippen LogP contribution in [0.5, 0.6) is 0 Å². The Labute approximate surface area is 51.8 Å². The fourth-order valence-corrected chi connectivity index (χ4v) is 0.480. The summed E-state index contributed by atoms with van der Waals surface area (Å²) in [5.41, 5.74) is 0. The molecule has 8 heavy (non-hydrogen) atoms. The summed E-state index contributed by atoms with van der Waals surface area (Å²) in [5.74, 6) is 0. The molecule has 0 heterocycles. The van der Waals surface area contributed by atoms with Crippen molar-refractivity contribution in [3.05, 3.63) is 12.2 Å². The van der Waals surface area contributed by atoms with Crippen LogP contribution in [-0.4, -0.2) is 13.1 Å². The molecule has 0 amide bonds. The second kappa shape index (κ2) is 6.70. The molecule has 0 aromatic heterocycles. The molecule has 0 radical (unpaired) electrons. The topological polar surface area (TPSA) is 12.0 Å².